The smallest absolute Gasteiger partial charge is 0.305 e. The minimum absolute atomic E-state index is 0.0721. The standard InChI is InChI=1S/C24H37Cl3O9S2/c1-4-5-8-12-19(35-37(2,30)31)23(36-38(3,32)33)22-17-14-18(28)16(21(17)22)11-9-6-7-10-13-20(29)34-15-24(25,26)27/h6,9,16-17,19,21-23H,4-5,7-8,10-15H2,1-3H3. The molecule has 2 aliphatic rings. The summed E-state index contributed by atoms with van der Waals surface area (Å²) in [5.74, 6) is -1.15. The van der Waals surface area contributed by atoms with Crippen molar-refractivity contribution in [3.8, 4) is 0 Å². The number of carbonyl (C=O) groups is 2. The Labute approximate surface area is 241 Å². The fourth-order valence-electron chi connectivity index (χ4n) is 5.24. The van der Waals surface area contributed by atoms with Crippen molar-refractivity contribution in [1.29, 1.82) is 0 Å². The number of unbranched alkanes of at least 4 members (excludes halogenated alkanes) is 3. The van der Waals surface area contributed by atoms with Crippen molar-refractivity contribution in [2.75, 3.05) is 19.1 Å². The van der Waals surface area contributed by atoms with E-state index in [1.807, 2.05) is 19.1 Å². The van der Waals surface area contributed by atoms with E-state index in [1.165, 1.54) is 0 Å². The summed E-state index contributed by atoms with van der Waals surface area (Å²) in [4.78, 5) is 24.3. The van der Waals surface area contributed by atoms with E-state index in [2.05, 4.69) is 0 Å². The third-order valence-corrected chi connectivity index (χ3v) is 8.23. The van der Waals surface area contributed by atoms with Crippen LogP contribution < -0.4 is 0 Å². The lowest BCUT2D eigenvalue weighted by Gasteiger charge is -2.27. The minimum Gasteiger partial charge on any atom is -0.461 e. The van der Waals surface area contributed by atoms with Crippen molar-refractivity contribution in [3.63, 3.8) is 0 Å². The first kappa shape index (κ1) is 33.8. The molecule has 2 fully saturated rings. The monoisotopic (exact) mass is 638 g/mol. The number of ketones is 1. The quantitative estimate of drug-likeness (QED) is 0.0728. The number of halogens is 3. The van der Waals surface area contributed by atoms with Crippen LogP contribution in [-0.2, 0) is 42.9 Å². The van der Waals surface area contributed by atoms with Crippen molar-refractivity contribution in [3.05, 3.63) is 12.2 Å². The van der Waals surface area contributed by atoms with Crippen LogP contribution in [0.5, 0.6) is 0 Å². The Morgan fingerprint density at radius 1 is 1.05 bits per heavy atom. The van der Waals surface area contributed by atoms with E-state index in [9.17, 15) is 26.4 Å². The van der Waals surface area contributed by atoms with E-state index in [0.717, 1.165) is 25.4 Å². The fourth-order valence-corrected chi connectivity index (χ4v) is 6.71. The summed E-state index contributed by atoms with van der Waals surface area (Å²) in [5, 5.41) is 0. The first-order chi connectivity index (χ1) is 17.5. The Hall–Kier alpha value is -0.430. The fraction of sp³-hybridized carbons (Fsp3) is 0.833. The van der Waals surface area contributed by atoms with Crippen LogP contribution in [0.25, 0.3) is 0 Å². The lowest BCUT2D eigenvalue weighted by atomic mass is 9.90. The summed E-state index contributed by atoms with van der Waals surface area (Å²) in [6.07, 6.45) is 8.45. The van der Waals surface area contributed by atoms with Crippen LogP contribution in [0.4, 0.5) is 0 Å². The van der Waals surface area contributed by atoms with Crippen LogP contribution >= 0.6 is 34.8 Å². The number of rotatable bonds is 17. The van der Waals surface area contributed by atoms with Gasteiger partial charge in [0.1, 0.15) is 24.6 Å². The molecule has 2 saturated carbocycles. The molecule has 2 rings (SSSR count). The number of alkyl halides is 3. The zero-order valence-electron chi connectivity index (χ0n) is 21.8. The molecule has 6 atom stereocenters. The van der Waals surface area contributed by atoms with Gasteiger partial charge >= 0.3 is 5.97 Å². The summed E-state index contributed by atoms with van der Waals surface area (Å²) in [6.45, 7) is 1.68. The van der Waals surface area contributed by atoms with Gasteiger partial charge in [-0.25, -0.2) is 0 Å². The summed E-state index contributed by atoms with van der Waals surface area (Å²) < 4.78 is 62.1. The topological polar surface area (TPSA) is 130 Å². The van der Waals surface area contributed by atoms with Gasteiger partial charge in [0.05, 0.1) is 12.5 Å². The molecule has 14 heteroatoms. The second-order valence-corrected chi connectivity index (χ2v) is 15.8. The summed E-state index contributed by atoms with van der Waals surface area (Å²) in [6, 6.07) is 0. The SMILES string of the molecule is CCCCCC(OS(C)(=O)=O)C(OS(C)(=O)=O)C1C2CC(=O)C(CC=CCCCC(=O)OCC(Cl)(Cl)Cl)C21. The predicted octanol–water partition coefficient (Wildman–Crippen LogP) is 4.74. The predicted molar refractivity (Wildman–Crippen MR) is 146 cm³/mol. The normalized spacial score (nSPS) is 25.4. The Morgan fingerprint density at radius 3 is 2.29 bits per heavy atom. The molecule has 2 aliphatic carbocycles. The van der Waals surface area contributed by atoms with Gasteiger partial charge in [-0.1, -0.05) is 73.1 Å². The first-order valence-corrected chi connectivity index (χ1v) is 17.5. The second-order valence-electron chi connectivity index (χ2n) is 10.1. The number of hydrogen-bond acceptors (Lipinski definition) is 9. The highest BCUT2D eigenvalue weighted by atomic mass is 35.6. The van der Waals surface area contributed by atoms with Gasteiger partial charge in [0.25, 0.3) is 20.2 Å². The number of allylic oxidation sites excluding steroid dienone is 2. The number of Topliss-reactive ketones (excluding diaryl/α,β-unsaturated/α-hetero) is 1. The van der Waals surface area contributed by atoms with Gasteiger partial charge in [0, 0.05) is 18.8 Å². The first-order valence-electron chi connectivity index (χ1n) is 12.7. The zero-order valence-corrected chi connectivity index (χ0v) is 25.7. The summed E-state index contributed by atoms with van der Waals surface area (Å²) in [5.41, 5.74) is 0. The molecule has 0 amide bonds. The zero-order chi connectivity index (χ0) is 28.7. The third kappa shape index (κ3) is 12.0. The van der Waals surface area contributed by atoms with Gasteiger partial charge in [-0.15, -0.1) is 0 Å². The van der Waals surface area contributed by atoms with Gasteiger partial charge in [0.15, 0.2) is 0 Å². The van der Waals surface area contributed by atoms with Crippen LogP contribution in [0.1, 0.15) is 64.7 Å². The van der Waals surface area contributed by atoms with Crippen molar-refractivity contribution in [2.24, 2.45) is 23.7 Å². The lowest BCUT2D eigenvalue weighted by molar-refractivity contribution is -0.143. The number of hydrogen-bond donors (Lipinski definition) is 0. The van der Waals surface area contributed by atoms with Crippen molar-refractivity contribution < 1.29 is 39.5 Å². The molecular weight excluding hydrogens is 603 g/mol. The molecule has 0 spiro atoms. The maximum Gasteiger partial charge on any atom is 0.305 e. The van der Waals surface area contributed by atoms with Crippen LogP contribution in [0, 0.1) is 23.7 Å². The number of carbonyl (C=O) groups excluding carboxylic acids is 2. The number of ether oxygens (including phenoxy) is 1. The molecule has 9 nitrogen and oxygen atoms in total. The van der Waals surface area contributed by atoms with Gasteiger partial charge in [-0.2, -0.15) is 16.8 Å². The Kier molecular flexibility index (Phi) is 12.9. The minimum atomic E-state index is -3.90. The van der Waals surface area contributed by atoms with Crippen LogP contribution in [0.3, 0.4) is 0 Å². The average molecular weight is 640 g/mol. The molecule has 0 aromatic heterocycles. The van der Waals surface area contributed by atoms with Gasteiger partial charge in [0.2, 0.25) is 3.79 Å². The number of esters is 1. The van der Waals surface area contributed by atoms with E-state index in [-0.39, 0.29) is 42.5 Å². The Bertz CT molecular complexity index is 1050. The Balaban J connectivity index is 1.99. The summed E-state index contributed by atoms with van der Waals surface area (Å²) >= 11 is 16.6. The molecule has 0 aromatic rings. The molecule has 0 aromatic carbocycles. The van der Waals surface area contributed by atoms with E-state index >= 15 is 0 Å². The molecule has 0 radical (unpaired) electrons. The van der Waals surface area contributed by atoms with Crippen molar-refractivity contribution >= 4 is 66.8 Å². The second kappa shape index (κ2) is 14.5. The molecule has 0 saturated heterocycles. The van der Waals surface area contributed by atoms with E-state index in [1.54, 1.807) is 0 Å². The van der Waals surface area contributed by atoms with E-state index < -0.39 is 42.2 Å². The highest BCUT2D eigenvalue weighted by Gasteiger charge is 2.65. The van der Waals surface area contributed by atoms with Gasteiger partial charge < -0.3 is 4.74 Å². The molecule has 6 unspecified atom stereocenters. The third-order valence-electron chi connectivity index (χ3n) is 6.73. The molecule has 220 valence electrons. The van der Waals surface area contributed by atoms with E-state index in [0.29, 0.717) is 38.5 Å². The largest absolute Gasteiger partial charge is 0.461 e. The van der Waals surface area contributed by atoms with E-state index in [4.69, 9.17) is 47.9 Å². The highest BCUT2D eigenvalue weighted by Crippen LogP contribution is 2.62. The molecule has 0 aliphatic heterocycles. The van der Waals surface area contributed by atoms with Crippen LogP contribution in [0.15, 0.2) is 12.2 Å². The van der Waals surface area contributed by atoms with Crippen LogP contribution in [0.2, 0.25) is 0 Å². The molecule has 38 heavy (non-hydrogen) atoms. The number of fused-ring (bicyclic) bond motifs is 1. The van der Waals surface area contributed by atoms with Crippen LogP contribution in [-0.4, -0.2) is 63.7 Å². The van der Waals surface area contributed by atoms with Crippen molar-refractivity contribution in [2.45, 2.75) is 80.7 Å². The summed E-state index contributed by atoms with van der Waals surface area (Å²) in [7, 11) is -7.76. The Morgan fingerprint density at radius 2 is 1.71 bits per heavy atom. The maximum absolute atomic E-state index is 12.6. The van der Waals surface area contributed by atoms with Crippen molar-refractivity contribution in [1.82, 2.24) is 0 Å². The van der Waals surface area contributed by atoms with Gasteiger partial charge in [-0.05, 0) is 43.4 Å². The maximum atomic E-state index is 12.6. The lowest BCUT2D eigenvalue weighted by Crippen LogP contribution is -2.38. The van der Waals surface area contributed by atoms with Gasteiger partial charge in [-0.3, -0.25) is 18.0 Å². The highest BCUT2D eigenvalue weighted by molar-refractivity contribution is 7.86. The molecule has 0 N–H and O–H groups in total. The molecule has 0 heterocycles. The average Bonchev–Trinajstić information content (AvgIpc) is 3.35. The molecular formula is C24H37Cl3O9S2. The molecule has 0 bridgehead atoms.